The lowest BCUT2D eigenvalue weighted by Crippen LogP contribution is -2.49. The molecule has 0 aromatic rings. The monoisotopic (exact) mass is 217 g/mol. The number of ether oxygens (including phenoxy) is 3. The Balaban J connectivity index is 2.36. The molecule has 5 nitrogen and oxygen atoms in total. The van der Waals surface area contributed by atoms with Crippen LogP contribution >= 0.6 is 0 Å². The maximum Gasteiger partial charge on any atom is 0.217 e. The second-order valence-corrected chi connectivity index (χ2v) is 3.78. The van der Waals surface area contributed by atoms with Crippen molar-refractivity contribution in [2.75, 3.05) is 27.4 Å². The van der Waals surface area contributed by atoms with Crippen LogP contribution in [0.25, 0.3) is 0 Å². The van der Waals surface area contributed by atoms with Gasteiger partial charge in [-0.15, -0.1) is 0 Å². The van der Waals surface area contributed by atoms with Crippen molar-refractivity contribution in [1.29, 1.82) is 0 Å². The number of hydrogen-bond acceptors (Lipinski definition) is 5. The number of carbonyl (C=O) groups is 1. The van der Waals surface area contributed by atoms with Crippen molar-refractivity contribution in [2.45, 2.75) is 31.7 Å². The maximum absolute atomic E-state index is 11.6. The second-order valence-electron chi connectivity index (χ2n) is 3.78. The summed E-state index contributed by atoms with van der Waals surface area (Å²) >= 11 is 0. The fraction of sp³-hybridized carbons (Fsp3) is 0.900. The molecule has 1 fully saturated rings. The average Bonchev–Trinajstić information content (AvgIpc) is 2.19. The van der Waals surface area contributed by atoms with E-state index in [0.29, 0.717) is 25.7 Å². The molecule has 0 spiro atoms. The normalized spacial score (nSPS) is 26.9. The summed E-state index contributed by atoms with van der Waals surface area (Å²) in [6.45, 7) is 3.29. The highest BCUT2D eigenvalue weighted by molar-refractivity contribution is 5.82. The molecule has 0 radical (unpaired) electrons. The minimum Gasteiger partial charge on any atom is -0.378 e. The Bertz CT molecular complexity index is 206. The number of rotatable bonds is 5. The minimum atomic E-state index is -0.760. The fourth-order valence-corrected chi connectivity index (χ4v) is 1.70. The number of hydrogen-bond donors (Lipinski definition) is 1. The third kappa shape index (κ3) is 3.87. The van der Waals surface area contributed by atoms with Crippen LogP contribution in [0.4, 0.5) is 0 Å². The number of methoxy groups -OCH3 is 2. The molecule has 1 heterocycles. The topological polar surface area (TPSA) is 56.8 Å². The molecule has 0 aliphatic carbocycles. The molecule has 1 rings (SSSR count). The standard InChI is InChI=1S/C10H19NO4/c1-7-5-15-6-8(11-7)4-9(12)10(13-2)14-3/h7-8,10-11H,4-6H2,1-3H3. The quantitative estimate of drug-likeness (QED) is 0.654. The van der Waals surface area contributed by atoms with Gasteiger partial charge < -0.3 is 19.5 Å². The highest BCUT2D eigenvalue weighted by Gasteiger charge is 2.25. The van der Waals surface area contributed by atoms with Crippen molar-refractivity contribution in [3.05, 3.63) is 0 Å². The van der Waals surface area contributed by atoms with E-state index in [9.17, 15) is 4.79 Å². The molecule has 1 N–H and O–H groups in total. The summed E-state index contributed by atoms with van der Waals surface area (Å²) in [6, 6.07) is 0.356. The number of ketones is 1. The molecular weight excluding hydrogens is 198 g/mol. The Morgan fingerprint density at radius 2 is 2.13 bits per heavy atom. The van der Waals surface area contributed by atoms with Crippen molar-refractivity contribution in [3.8, 4) is 0 Å². The summed E-state index contributed by atoms with van der Waals surface area (Å²) in [7, 11) is 2.92. The van der Waals surface area contributed by atoms with E-state index >= 15 is 0 Å². The highest BCUT2D eigenvalue weighted by atomic mass is 16.7. The van der Waals surface area contributed by atoms with E-state index < -0.39 is 6.29 Å². The average molecular weight is 217 g/mol. The van der Waals surface area contributed by atoms with Gasteiger partial charge in [-0.05, 0) is 6.92 Å². The zero-order valence-corrected chi connectivity index (χ0v) is 9.49. The van der Waals surface area contributed by atoms with Crippen LogP contribution in [0.3, 0.4) is 0 Å². The van der Waals surface area contributed by atoms with Crippen LogP contribution in [0.15, 0.2) is 0 Å². The molecule has 0 bridgehead atoms. The van der Waals surface area contributed by atoms with Gasteiger partial charge in [-0.1, -0.05) is 0 Å². The zero-order valence-electron chi connectivity index (χ0n) is 9.49. The highest BCUT2D eigenvalue weighted by Crippen LogP contribution is 2.06. The first kappa shape index (κ1) is 12.6. The summed E-state index contributed by atoms with van der Waals surface area (Å²) in [5, 5.41) is 3.29. The second kappa shape index (κ2) is 6.17. The molecule has 15 heavy (non-hydrogen) atoms. The van der Waals surface area contributed by atoms with Crippen LogP contribution < -0.4 is 5.32 Å². The predicted molar refractivity (Wildman–Crippen MR) is 54.6 cm³/mol. The summed E-state index contributed by atoms with van der Waals surface area (Å²) in [5.41, 5.74) is 0. The molecule has 5 heteroatoms. The predicted octanol–water partition coefficient (Wildman–Crippen LogP) is -0.0586. The van der Waals surface area contributed by atoms with Gasteiger partial charge in [-0.25, -0.2) is 0 Å². The Labute approximate surface area is 90.1 Å². The summed E-state index contributed by atoms with van der Waals surface area (Å²) < 4.78 is 15.1. The minimum absolute atomic E-state index is 0.0600. The molecule has 0 aromatic heterocycles. The van der Waals surface area contributed by atoms with Gasteiger partial charge in [0.2, 0.25) is 6.29 Å². The van der Waals surface area contributed by atoms with E-state index in [2.05, 4.69) is 5.32 Å². The molecule has 1 saturated heterocycles. The van der Waals surface area contributed by atoms with Crippen LogP contribution in [-0.2, 0) is 19.0 Å². The third-order valence-corrected chi connectivity index (χ3v) is 2.35. The lowest BCUT2D eigenvalue weighted by molar-refractivity contribution is -0.157. The van der Waals surface area contributed by atoms with Gasteiger partial charge >= 0.3 is 0 Å². The lowest BCUT2D eigenvalue weighted by Gasteiger charge is -2.29. The smallest absolute Gasteiger partial charge is 0.217 e. The van der Waals surface area contributed by atoms with Crippen molar-refractivity contribution in [2.24, 2.45) is 0 Å². The summed E-state index contributed by atoms with van der Waals surface area (Å²) in [6.07, 6.45) is -0.388. The Morgan fingerprint density at radius 3 is 2.67 bits per heavy atom. The maximum atomic E-state index is 11.6. The first-order valence-electron chi connectivity index (χ1n) is 5.09. The van der Waals surface area contributed by atoms with E-state index in [1.54, 1.807) is 0 Å². The largest absolute Gasteiger partial charge is 0.378 e. The summed E-state index contributed by atoms with van der Waals surface area (Å²) in [4.78, 5) is 11.6. The number of morpholine rings is 1. The molecule has 0 aromatic carbocycles. The number of nitrogens with one attached hydrogen (secondary N) is 1. The number of carbonyl (C=O) groups excluding carboxylic acids is 1. The van der Waals surface area contributed by atoms with E-state index in [0.717, 1.165) is 0 Å². The Morgan fingerprint density at radius 1 is 1.47 bits per heavy atom. The van der Waals surface area contributed by atoms with Crippen molar-refractivity contribution >= 4 is 5.78 Å². The van der Waals surface area contributed by atoms with Crippen LogP contribution in [0.2, 0.25) is 0 Å². The Kier molecular flexibility index (Phi) is 5.17. The van der Waals surface area contributed by atoms with Gasteiger partial charge in [0.15, 0.2) is 5.78 Å². The van der Waals surface area contributed by atoms with Crippen LogP contribution in [0.5, 0.6) is 0 Å². The molecule has 2 atom stereocenters. The molecule has 1 aliphatic heterocycles. The van der Waals surface area contributed by atoms with Gasteiger partial charge in [0, 0.05) is 32.7 Å². The van der Waals surface area contributed by atoms with E-state index in [1.165, 1.54) is 14.2 Å². The number of Topliss-reactive ketones (excluding diaryl/α,β-unsaturated/α-hetero) is 1. The Hall–Kier alpha value is -0.490. The molecule has 1 aliphatic rings. The van der Waals surface area contributed by atoms with Gasteiger partial charge in [-0.2, -0.15) is 0 Å². The molecule has 88 valence electrons. The van der Waals surface area contributed by atoms with E-state index in [4.69, 9.17) is 14.2 Å². The van der Waals surface area contributed by atoms with Gasteiger partial charge in [0.05, 0.1) is 13.2 Å². The molecular formula is C10H19NO4. The van der Waals surface area contributed by atoms with E-state index in [-0.39, 0.29) is 11.8 Å². The van der Waals surface area contributed by atoms with Crippen molar-refractivity contribution in [3.63, 3.8) is 0 Å². The zero-order chi connectivity index (χ0) is 11.3. The van der Waals surface area contributed by atoms with Gasteiger partial charge in [0.1, 0.15) is 0 Å². The first-order valence-corrected chi connectivity index (χ1v) is 5.09. The first-order chi connectivity index (χ1) is 7.17. The summed E-state index contributed by atoms with van der Waals surface area (Å²) in [5.74, 6) is -0.0600. The lowest BCUT2D eigenvalue weighted by atomic mass is 10.1. The SMILES string of the molecule is COC(OC)C(=O)CC1COCC(C)N1. The van der Waals surface area contributed by atoms with E-state index in [1.807, 2.05) is 6.92 Å². The molecule has 0 amide bonds. The fourth-order valence-electron chi connectivity index (χ4n) is 1.70. The van der Waals surface area contributed by atoms with Crippen molar-refractivity contribution in [1.82, 2.24) is 5.32 Å². The van der Waals surface area contributed by atoms with Gasteiger partial charge in [0.25, 0.3) is 0 Å². The molecule has 0 saturated carbocycles. The van der Waals surface area contributed by atoms with Crippen molar-refractivity contribution < 1.29 is 19.0 Å². The molecule has 2 unspecified atom stereocenters. The van der Waals surface area contributed by atoms with Crippen LogP contribution in [0, 0.1) is 0 Å². The van der Waals surface area contributed by atoms with Crippen LogP contribution in [0.1, 0.15) is 13.3 Å². The van der Waals surface area contributed by atoms with Gasteiger partial charge in [-0.3, -0.25) is 4.79 Å². The van der Waals surface area contributed by atoms with Crippen LogP contribution in [-0.4, -0.2) is 51.6 Å². The third-order valence-electron chi connectivity index (χ3n) is 2.35.